The van der Waals surface area contributed by atoms with Crippen LogP contribution in [0.15, 0.2) is 0 Å². The minimum Gasteiger partial charge on any atom is -0.339 e. The van der Waals surface area contributed by atoms with Crippen LogP contribution in [0.4, 0.5) is 0 Å². The Morgan fingerprint density at radius 2 is 2.11 bits per heavy atom. The molecule has 0 radical (unpaired) electrons. The molecule has 1 atom stereocenters. The third kappa shape index (κ3) is 2.84. The summed E-state index contributed by atoms with van der Waals surface area (Å²) >= 11 is 0. The van der Waals surface area contributed by atoms with E-state index in [0.717, 1.165) is 19.5 Å². The minimum atomic E-state index is -0.278. The third-order valence-corrected chi connectivity index (χ3v) is 4.07. The first-order valence-corrected chi connectivity index (χ1v) is 6.84. The minimum absolute atomic E-state index is 0.155. The molecule has 1 rings (SSSR count). The number of nitrogens with zero attached hydrogens (tertiary/aromatic N) is 2. The predicted octanol–water partition coefficient (Wildman–Crippen LogP) is 1.77. The van der Waals surface area contributed by atoms with Crippen LogP contribution < -0.4 is 5.32 Å². The highest BCUT2D eigenvalue weighted by Gasteiger charge is 2.46. The molecule has 1 amide bonds. The zero-order chi connectivity index (χ0) is 13.8. The van der Waals surface area contributed by atoms with Crippen molar-refractivity contribution in [1.82, 2.24) is 10.2 Å². The second kappa shape index (κ2) is 6.19. The summed E-state index contributed by atoms with van der Waals surface area (Å²) in [5.74, 6) is 0.538. The summed E-state index contributed by atoms with van der Waals surface area (Å²) in [6.07, 6.45) is 1.31. The quantitative estimate of drug-likeness (QED) is 0.810. The van der Waals surface area contributed by atoms with Gasteiger partial charge in [-0.1, -0.05) is 13.8 Å². The second-order valence-electron chi connectivity index (χ2n) is 5.74. The number of hydrogen-bond donors (Lipinski definition) is 1. The topological polar surface area (TPSA) is 56.1 Å². The molecular formula is C14H25N3O. The molecule has 1 aliphatic heterocycles. The lowest BCUT2D eigenvalue weighted by Gasteiger charge is -2.38. The molecule has 0 aromatic rings. The molecule has 1 heterocycles. The van der Waals surface area contributed by atoms with Gasteiger partial charge in [0.15, 0.2) is 0 Å². The van der Waals surface area contributed by atoms with E-state index in [1.807, 2.05) is 18.7 Å². The van der Waals surface area contributed by atoms with Crippen molar-refractivity contribution in [1.29, 1.82) is 5.26 Å². The van der Waals surface area contributed by atoms with Crippen LogP contribution in [0.3, 0.4) is 0 Å². The number of hydrogen-bond acceptors (Lipinski definition) is 3. The van der Waals surface area contributed by atoms with Gasteiger partial charge in [0.25, 0.3) is 0 Å². The van der Waals surface area contributed by atoms with E-state index in [1.54, 1.807) is 0 Å². The lowest BCUT2D eigenvalue weighted by molar-refractivity contribution is -0.145. The monoisotopic (exact) mass is 251 g/mol. The molecule has 1 saturated heterocycles. The summed E-state index contributed by atoms with van der Waals surface area (Å²) in [6.45, 7) is 10.5. The maximum Gasteiger partial charge on any atom is 0.230 e. The molecule has 0 bridgehead atoms. The molecule has 1 N–H and O–H groups in total. The first-order chi connectivity index (χ1) is 8.45. The number of carbonyl (C=O) groups is 1. The summed E-state index contributed by atoms with van der Waals surface area (Å²) in [6, 6.07) is 2.29. The van der Waals surface area contributed by atoms with Gasteiger partial charge in [-0.2, -0.15) is 5.26 Å². The SMILES string of the molecule is CC(C)N(CCC#N)C(=O)C1(C(C)C)CCNC1. The van der Waals surface area contributed by atoms with Gasteiger partial charge in [-0.15, -0.1) is 0 Å². The van der Waals surface area contributed by atoms with E-state index in [-0.39, 0.29) is 17.4 Å². The average Bonchev–Trinajstić information content (AvgIpc) is 2.79. The summed E-state index contributed by atoms with van der Waals surface area (Å²) in [4.78, 5) is 14.7. The third-order valence-electron chi connectivity index (χ3n) is 4.07. The van der Waals surface area contributed by atoms with Crippen LogP contribution in [0.25, 0.3) is 0 Å². The van der Waals surface area contributed by atoms with E-state index < -0.39 is 0 Å². The fraction of sp³-hybridized carbons (Fsp3) is 0.857. The average molecular weight is 251 g/mol. The fourth-order valence-electron chi connectivity index (χ4n) is 2.68. The molecule has 0 spiro atoms. The smallest absolute Gasteiger partial charge is 0.230 e. The van der Waals surface area contributed by atoms with Gasteiger partial charge in [-0.25, -0.2) is 0 Å². The van der Waals surface area contributed by atoms with E-state index in [0.29, 0.717) is 18.9 Å². The fourth-order valence-corrected chi connectivity index (χ4v) is 2.68. The molecule has 1 fully saturated rings. The molecule has 4 heteroatoms. The number of amides is 1. The van der Waals surface area contributed by atoms with Gasteiger partial charge in [0.05, 0.1) is 17.9 Å². The Hall–Kier alpha value is -1.08. The summed E-state index contributed by atoms with van der Waals surface area (Å²) in [5, 5.41) is 12.0. The molecular weight excluding hydrogens is 226 g/mol. The van der Waals surface area contributed by atoms with Crippen molar-refractivity contribution >= 4 is 5.91 Å². The van der Waals surface area contributed by atoms with Crippen LogP contribution in [0, 0.1) is 22.7 Å². The lowest BCUT2D eigenvalue weighted by Crippen LogP contribution is -2.51. The molecule has 1 unspecified atom stereocenters. The molecule has 1 aliphatic rings. The number of nitriles is 1. The van der Waals surface area contributed by atoms with Crippen LogP contribution in [0.5, 0.6) is 0 Å². The van der Waals surface area contributed by atoms with Crippen LogP contribution in [0.2, 0.25) is 0 Å². The Balaban J connectivity index is 2.89. The van der Waals surface area contributed by atoms with Crippen molar-refractivity contribution in [2.45, 2.75) is 46.6 Å². The maximum absolute atomic E-state index is 12.8. The summed E-state index contributed by atoms with van der Waals surface area (Å²) < 4.78 is 0. The van der Waals surface area contributed by atoms with Gasteiger partial charge < -0.3 is 10.2 Å². The van der Waals surface area contributed by atoms with Crippen LogP contribution in [-0.4, -0.2) is 36.5 Å². The molecule has 102 valence electrons. The first kappa shape index (κ1) is 15.0. The Bertz CT molecular complexity index is 324. The van der Waals surface area contributed by atoms with Gasteiger partial charge in [-0.05, 0) is 32.7 Å². The van der Waals surface area contributed by atoms with Crippen molar-refractivity contribution < 1.29 is 4.79 Å². The first-order valence-electron chi connectivity index (χ1n) is 6.84. The second-order valence-corrected chi connectivity index (χ2v) is 5.74. The Kier molecular flexibility index (Phi) is 5.15. The maximum atomic E-state index is 12.8. The van der Waals surface area contributed by atoms with Crippen molar-refractivity contribution in [2.24, 2.45) is 11.3 Å². The van der Waals surface area contributed by atoms with Crippen LogP contribution in [-0.2, 0) is 4.79 Å². The van der Waals surface area contributed by atoms with Crippen LogP contribution in [0.1, 0.15) is 40.5 Å². The molecule has 0 saturated carbocycles. The van der Waals surface area contributed by atoms with Gasteiger partial charge >= 0.3 is 0 Å². The van der Waals surface area contributed by atoms with E-state index in [1.165, 1.54) is 0 Å². The highest BCUT2D eigenvalue weighted by atomic mass is 16.2. The summed E-state index contributed by atoms with van der Waals surface area (Å²) in [7, 11) is 0. The molecule has 18 heavy (non-hydrogen) atoms. The van der Waals surface area contributed by atoms with Crippen molar-refractivity contribution in [3.8, 4) is 6.07 Å². The summed E-state index contributed by atoms with van der Waals surface area (Å²) in [5.41, 5.74) is -0.278. The van der Waals surface area contributed by atoms with Gasteiger partial charge in [0, 0.05) is 19.1 Å². The number of rotatable bonds is 5. The molecule has 0 aromatic heterocycles. The van der Waals surface area contributed by atoms with E-state index in [9.17, 15) is 4.79 Å². The largest absolute Gasteiger partial charge is 0.339 e. The molecule has 0 aromatic carbocycles. The lowest BCUT2D eigenvalue weighted by atomic mass is 9.75. The van der Waals surface area contributed by atoms with E-state index >= 15 is 0 Å². The molecule has 4 nitrogen and oxygen atoms in total. The molecule has 0 aliphatic carbocycles. The highest BCUT2D eigenvalue weighted by molar-refractivity contribution is 5.84. The van der Waals surface area contributed by atoms with Crippen molar-refractivity contribution in [3.05, 3.63) is 0 Å². The Labute approximate surface area is 110 Å². The van der Waals surface area contributed by atoms with Gasteiger partial charge in [-0.3, -0.25) is 4.79 Å². The van der Waals surface area contributed by atoms with Crippen molar-refractivity contribution in [3.63, 3.8) is 0 Å². The normalized spacial score (nSPS) is 23.4. The predicted molar refractivity (Wildman–Crippen MR) is 71.8 cm³/mol. The zero-order valence-electron chi connectivity index (χ0n) is 12.0. The van der Waals surface area contributed by atoms with Crippen LogP contribution >= 0.6 is 0 Å². The van der Waals surface area contributed by atoms with Gasteiger partial charge in [0.1, 0.15) is 0 Å². The Morgan fingerprint density at radius 3 is 2.50 bits per heavy atom. The Morgan fingerprint density at radius 1 is 1.44 bits per heavy atom. The standard InChI is InChI=1S/C14H25N3O/c1-11(2)14(6-8-16-10-14)13(18)17(12(3)4)9-5-7-15/h11-12,16H,5-6,8-10H2,1-4H3. The number of nitrogens with one attached hydrogen (secondary N) is 1. The zero-order valence-corrected chi connectivity index (χ0v) is 12.0. The highest BCUT2D eigenvalue weighted by Crippen LogP contribution is 2.36. The van der Waals surface area contributed by atoms with E-state index in [2.05, 4.69) is 25.2 Å². The van der Waals surface area contributed by atoms with Gasteiger partial charge in [0.2, 0.25) is 5.91 Å². The van der Waals surface area contributed by atoms with Crippen molar-refractivity contribution in [2.75, 3.05) is 19.6 Å². The van der Waals surface area contributed by atoms with E-state index in [4.69, 9.17) is 5.26 Å². The number of carbonyl (C=O) groups excluding carboxylic acids is 1.